The van der Waals surface area contributed by atoms with Crippen molar-refractivity contribution in [2.45, 2.75) is 13.8 Å². The average Bonchev–Trinajstić information content (AvgIpc) is 3.34. The summed E-state index contributed by atoms with van der Waals surface area (Å²) in [4.78, 5) is 7.32. The van der Waals surface area contributed by atoms with Crippen LogP contribution in [0.4, 0.5) is 0 Å². The van der Waals surface area contributed by atoms with E-state index in [2.05, 4.69) is 80.6 Å². The molecule has 0 N–H and O–H groups in total. The molecule has 3 aromatic carbocycles. The molecule has 0 fully saturated rings. The number of hydrogen-bond acceptors (Lipinski definition) is 3. The van der Waals surface area contributed by atoms with Crippen LogP contribution < -0.4 is 0 Å². The Morgan fingerprint density at radius 1 is 0.767 bits per heavy atom. The minimum Gasteiger partial charge on any atom is -0.455 e. The Morgan fingerprint density at radius 3 is 2.43 bits per heavy atom. The molecule has 0 aliphatic heterocycles. The lowest BCUT2D eigenvalue weighted by Crippen LogP contribution is -1.83. The number of pyridine rings is 1. The fourth-order valence-electron chi connectivity index (χ4n) is 4.28. The van der Waals surface area contributed by atoms with Crippen molar-refractivity contribution in [3.63, 3.8) is 0 Å². The number of aryl methyl sites for hydroxylation is 2. The van der Waals surface area contributed by atoms with Gasteiger partial charge in [0.25, 0.3) is 0 Å². The predicted octanol–water partition coefficient (Wildman–Crippen LogP) is 8.15. The first-order valence-corrected chi connectivity index (χ1v) is 10.9. The van der Waals surface area contributed by atoms with Gasteiger partial charge in [-0.3, -0.25) is 0 Å². The molecule has 3 aromatic heterocycles. The quantitative estimate of drug-likeness (QED) is 0.290. The summed E-state index contributed by atoms with van der Waals surface area (Å²) in [6, 6.07) is 27.7. The summed E-state index contributed by atoms with van der Waals surface area (Å²) < 4.78 is 6.21. The van der Waals surface area contributed by atoms with Crippen LogP contribution in [0.3, 0.4) is 0 Å². The molecule has 144 valence electrons. The molecule has 2 nitrogen and oxygen atoms in total. The molecule has 0 saturated carbocycles. The second-order valence-corrected chi connectivity index (χ2v) is 8.89. The molecule has 3 heteroatoms. The van der Waals surface area contributed by atoms with E-state index in [1.807, 2.05) is 12.1 Å². The molecule has 3 heterocycles. The Labute approximate surface area is 178 Å². The zero-order valence-electron chi connectivity index (χ0n) is 16.8. The van der Waals surface area contributed by atoms with Gasteiger partial charge in [-0.25, -0.2) is 4.98 Å². The third kappa shape index (κ3) is 2.74. The van der Waals surface area contributed by atoms with Crippen molar-refractivity contribution < 1.29 is 4.42 Å². The topological polar surface area (TPSA) is 26.0 Å². The first-order chi connectivity index (χ1) is 14.7. The van der Waals surface area contributed by atoms with Gasteiger partial charge in [0.2, 0.25) is 0 Å². The second kappa shape index (κ2) is 6.54. The molecule has 0 aliphatic carbocycles. The van der Waals surface area contributed by atoms with Gasteiger partial charge >= 0.3 is 0 Å². The van der Waals surface area contributed by atoms with Crippen molar-refractivity contribution >= 4 is 43.5 Å². The summed E-state index contributed by atoms with van der Waals surface area (Å²) in [5, 5.41) is 3.45. The SMILES string of the molecule is Cc1cc(C)cc(-c2cc3ccc(-c4cccc5c4oc4ccccc45)nc3s2)c1. The van der Waals surface area contributed by atoms with Crippen LogP contribution in [0.1, 0.15) is 11.1 Å². The van der Waals surface area contributed by atoms with Gasteiger partial charge in [-0.1, -0.05) is 59.7 Å². The largest absolute Gasteiger partial charge is 0.455 e. The molecule has 6 aromatic rings. The van der Waals surface area contributed by atoms with Crippen LogP contribution in [0.5, 0.6) is 0 Å². The highest BCUT2D eigenvalue weighted by atomic mass is 32.1. The van der Waals surface area contributed by atoms with Gasteiger partial charge < -0.3 is 4.42 Å². The standard InChI is InChI=1S/C27H19NOS/c1-16-12-17(2)14-19(13-16)25-15-18-10-11-23(28-27(18)30-25)22-8-5-7-21-20-6-3-4-9-24(20)29-26(21)22/h3-15H,1-2H3. The van der Waals surface area contributed by atoms with E-state index in [0.717, 1.165) is 38.0 Å². The number of fused-ring (bicyclic) bond motifs is 4. The van der Waals surface area contributed by atoms with E-state index in [-0.39, 0.29) is 0 Å². The van der Waals surface area contributed by atoms with Crippen molar-refractivity contribution in [1.29, 1.82) is 0 Å². The van der Waals surface area contributed by atoms with Crippen molar-refractivity contribution in [3.05, 3.63) is 90.0 Å². The first-order valence-electron chi connectivity index (χ1n) is 10.1. The minimum absolute atomic E-state index is 0.900. The van der Waals surface area contributed by atoms with Gasteiger partial charge in [-0.2, -0.15) is 0 Å². The van der Waals surface area contributed by atoms with E-state index in [9.17, 15) is 0 Å². The second-order valence-electron chi connectivity index (χ2n) is 7.86. The summed E-state index contributed by atoms with van der Waals surface area (Å²) in [6.07, 6.45) is 0. The summed E-state index contributed by atoms with van der Waals surface area (Å²) in [5.41, 5.74) is 7.62. The Hall–Kier alpha value is -3.43. The zero-order valence-corrected chi connectivity index (χ0v) is 17.6. The maximum Gasteiger partial charge on any atom is 0.144 e. The van der Waals surface area contributed by atoms with Crippen LogP contribution in [-0.4, -0.2) is 4.98 Å². The number of para-hydroxylation sites is 2. The summed E-state index contributed by atoms with van der Waals surface area (Å²) in [5.74, 6) is 0. The lowest BCUT2D eigenvalue weighted by atomic mass is 10.1. The molecule has 6 rings (SSSR count). The van der Waals surface area contributed by atoms with Gasteiger partial charge in [-0.05, 0) is 49.7 Å². The van der Waals surface area contributed by atoms with Crippen LogP contribution in [0.25, 0.3) is 53.9 Å². The number of benzene rings is 3. The molecular formula is C27H19NOS. The Balaban J connectivity index is 1.52. The summed E-state index contributed by atoms with van der Waals surface area (Å²) >= 11 is 1.75. The Morgan fingerprint density at radius 2 is 1.57 bits per heavy atom. The number of furan rings is 1. The molecule has 0 aliphatic rings. The maximum absolute atomic E-state index is 6.21. The third-order valence-corrected chi connectivity index (χ3v) is 6.66. The van der Waals surface area contributed by atoms with Crippen LogP contribution in [0.15, 0.2) is 83.3 Å². The van der Waals surface area contributed by atoms with Gasteiger partial charge in [0, 0.05) is 26.6 Å². The summed E-state index contributed by atoms with van der Waals surface area (Å²) in [6.45, 7) is 4.29. The predicted molar refractivity (Wildman–Crippen MR) is 127 cm³/mol. The number of thiophene rings is 1. The normalized spacial score (nSPS) is 11.7. The van der Waals surface area contributed by atoms with E-state index < -0.39 is 0 Å². The molecular weight excluding hydrogens is 386 g/mol. The van der Waals surface area contributed by atoms with E-state index in [1.165, 1.54) is 27.0 Å². The number of rotatable bonds is 2. The van der Waals surface area contributed by atoms with Gasteiger partial charge in [-0.15, -0.1) is 11.3 Å². The van der Waals surface area contributed by atoms with Crippen LogP contribution >= 0.6 is 11.3 Å². The van der Waals surface area contributed by atoms with E-state index in [4.69, 9.17) is 9.40 Å². The van der Waals surface area contributed by atoms with Crippen LogP contribution in [-0.2, 0) is 0 Å². The molecule has 0 spiro atoms. The highest BCUT2D eigenvalue weighted by Gasteiger charge is 2.14. The van der Waals surface area contributed by atoms with Crippen LogP contribution in [0.2, 0.25) is 0 Å². The molecule has 30 heavy (non-hydrogen) atoms. The highest BCUT2D eigenvalue weighted by Crippen LogP contribution is 2.38. The number of nitrogens with zero attached hydrogens (tertiary/aromatic N) is 1. The monoisotopic (exact) mass is 405 g/mol. The zero-order chi connectivity index (χ0) is 20.2. The van der Waals surface area contributed by atoms with Crippen molar-refractivity contribution in [1.82, 2.24) is 4.98 Å². The molecule has 0 amide bonds. The fourth-order valence-corrected chi connectivity index (χ4v) is 5.29. The van der Waals surface area contributed by atoms with E-state index >= 15 is 0 Å². The molecule has 0 unspecified atom stereocenters. The first kappa shape index (κ1) is 17.4. The lowest BCUT2D eigenvalue weighted by molar-refractivity contribution is 0.670. The smallest absolute Gasteiger partial charge is 0.144 e. The molecule has 0 saturated heterocycles. The van der Waals surface area contributed by atoms with Crippen molar-refractivity contribution in [2.24, 2.45) is 0 Å². The number of hydrogen-bond donors (Lipinski definition) is 0. The maximum atomic E-state index is 6.21. The number of aromatic nitrogens is 1. The van der Waals surface area contributed by atoms with Gasteiger partial charge in [0.15, 0.2) is 0 Å². The lowest BCUT2D eigenvalue weighted by Gasteiger charge is -2.02. The van der Waals surface area contributed by atoms with E-state index in [1.54, 1.807) is 11.3 Å². The average molecular weight is 406 g/mol. The third-order valence-electron chi connectivity index (χ3n) is 5.57. The van der Waals surface area contributed by atoms with Crippen LogP contribution in [0, 0.1) is 13.8 Å². The minimum atomic E-state index is 0.900. The highest BCUT2D eigenvalue weighted by molar-refractivity contribution is 7.21. The Bertz CT molecular complexity index is 1550. The molecule has 0 radical (unpaired) electrons. The van der Waals surface area contributed by atoms with E-state index in [0.29, 0.717) is 0 Å². The Kier molecular flexibility index (Phi) is 3.80. The molecule has 0 atom stereocenters. The van der Waals surface area contributed by atoms with Gasteiger partial charge in [0.1, 0.15) is 16.0 Å². The fraction of sp³-hybridized carbons (Fsp3) is 0.0741. The molecule has 0 bridgehead atoms. The van der Waals surface area contributed by atoms with Gasteiger partial charge in [0.05, 0.1) is 5.69 Å². The summed E-state index contributed by atoms with van der Waals surface area (Å²) in [7, 11) is 0. The van der Waals surface area contributed by atoms with Crippen molar-refractivity contribution in [3.8, 4) is 21.7 Å². The van der Waals surface area contributed by atoms with Crippen molar-refractivity contribution in [2.75, 3.05) is 0 Å².